The second-order valence-electron chi connectivity index (χ2n) is 6.76. The predicted molar refractivity (Wildman–Crippen MR) is 99.2 cm³/mol. The number of nitrogens with one attached hydrogen (secondary N) is 2. The van der Waals surface area contributed by atoms with Gasteiger partial charge in [0.05, 0.1) is 0 Å². The first-order valence-electron chi connectivity index (χ1n) is 9.13. The number of hydrogen-bond acceptors (Lipinski definition) is 2. The van der Waals surface area contributed by atoms with E-state index in [1.54, 1.807) is 22.9 Å². The van der Waals surface area contributed by atoms with Gasteiger partial charge < -0.3 is 20.3 Å². The average Bonchev–Trinajstić information content (AvgIpc) is 3.10. The standard InChI is InChI=1S/C20H25N3O3/c24-19(25)18-11-6-12-23(18)14-16-8-5-4-7-15(16)13-21-20(26)22-17-9-2-1-3-10-17/h4-8,11-12,17H,1-3,9-10,13-14H2,(H,24,25)(H2,21,22,26). The third kappa shape index (κ3) is 4.65. The summed E-state index contributed by atoms with van der Waals surface area (Å²) in [6.45, 7) is 0.870. The number of carboxylic acids is 1. The summed E-state index contributed by atoms with van der Waals surface area (Å²) in [5.41, 5.74) is 2.23. The first-order chi connectivity index (χ1) is 12.6. The van der Waals surface area contributed by atoms with Gasteiger partial charge in [-0.15, -0.1) is 0 Å². The van der Waals surface area contributed by atoms with Gasteiger partial charge in [-0.1, -0.05) is 43.5 Å². The van der Waals surface area contributed by atoms with E-state index in [9.17, 15) is 14.7 Å². The normalized spacial score (nSPS) is 14.8. The lowest BCUT2D eigenvalue weighted by molar-refractivity contribution is 0.0685. The van der Waals surface area contributed by atoms with Crippen LogP contribution in [0.1, 0.15) is 53.7 Å². The Bertz CT molecular complexity index is 763. The Balaban J connectivity index is 1.61. The number of carbonyl (C=O) groups is 2. The highest BCUT2D eigenvalue weighted by Crippen LogP contribution is 2.17. The summed E-state index contributed by atoms with van der Waals surface area (Å²) < 4.78 is 1.70. The van der Waals surface area contributed by atoms with Gasteiger partial charge in [0, 0.05) is 25.3 Å². The molecule has 138 valence electrons. The fourth-order valence-electron chi connectivity index (χ4n) is 3.47. The topological polar surface area (TPSA) is 83.4 Å². The maximum absolute atomic E-state index is 12.2. The van der Waals surface area contributed by atoms with Crippen molar-refractivity contribution in [2.75, 3.05) is 0 Å². The van der Waals surface area contributed by atoms with Crippen LogP contribution in [0.3, 0.4) is 0 Å². The zero-order chi connectivity index (χ0) is 18.4. The SMILES string of the molecule is O=C(NCc1ccccc1Cn1cccc1C(=O)O)NC1CCCCC1. The van der Waals surface area contributed by atoms with Crippen LogP contribution in [0.4, 0.5) is 4.79 Å². The van der Waals surface area contributed by atoms with Crippen LogP contribution < -0.4 is 10.6 Å². The van der Waals surface area contributed by atoms with Crippen LogP contribution in [0.15, 0.2) is 42.6 Å². The van der Waals surface area contributed by atoms with Crippen molar-refractivity contribution in [1.29, 1.82) is 0 Å². The lowest BCUT2D eigenvalue weighted by atomic mass is 9.96. The summed E-state index contributed by atoms with van der Waals surface area (Å²) in [5.74, 6) is -0.947. The van der Waals surface area contributed by atoms with Crippen molar-refractivity contribution in [3.8, 4) is 0 Å². The Morgan fingerprint density at radius 2 is 1.77 bits per heavy atom. The first kappa shape index (κ1) is 18.0. The number of urea groups is 1. The molecule has 6 heteroatoms. The fourth-order valence-corrected chi connectivity index (χ4v) is 3.47. The van der Waals surface area contributed by atoms with Crippen LogP contribution in [0.2, 0.25) is 0 Å². The van der Waals surface area contributed by atoms with Gasteiger partial charge in [0.2, 0.25) is 0 Å². The Kier molecular flexibility index (Phi) is 5.94. The van der Waals surface area contributed by atoms with Gasteiger partial charge >= 0.3 is 12.0 Å². The number of amides is 2. The summed E-state index contributed by atoms with van der Waals surface area (Å²) in [6.07, 6.45) is 7.46. The molecule has 3 N–H and O–H groups in total. The second kappa shape index (κ2) is 8.56. The highest BCUT2D eigenvalue weighted by molar-refractivity contribution is 5.85. The van der Waals surface area contributed by atoms with E-state index in [4.69, 9.17) is 0 Å². The van der Waals surface area contributed by atoms with Gasteiger partial charge in [-0.25, -0.2) is 9.59 Å². The van der Waals surface area contributed by atoms with Crippen molar-refractivity contribution in [2.24, 2.45) is 0 Å². The van der Waals surface area contributed by atoms with Gasteiger partial charge in [0.1, 0.15) is 5.69 Å². The van der Waals surface area contributed by atoms with Crippen LogP contribution in [0, 0.1) is 0 Å². The van der Waals surface area contributed by atoms with Crippen molar-refractivity contribution in [1.82, 2.24) is 15.2 Å². The van der Waals surface area contributed by atoms with Crippen molar-refractivity contribution in [3.05, 3.63) is 59.4 Å². The molecular weight excluding hydrogens is 330 g/mol. The number of nitrogens with zero attached hydrogens (tertiary/aromatic N) is 1. The first-order valence-corrected chi connectivity index (χ1v) is 9.13. The number of benzene rings is 1. The van der Waals surface area contributed by atoms with Gasteiger partial charge in [0.15, 0.2) is 0 Å². The summed E-state index contributed by atoms with van der Waals surface area (Å²) in [5, 5.41) is 15.2. The smallest absolute Gasteiger partial charge is 0.352 e. The monoisotopic (exact) mass is 355 g/mol. The van der Waals surface area contributed by atoms with Crippen LogP contribution >= 0.6 is 0 Å². The van der Waals surface area contributed by atoms with E-state index in [2.05, 4.69) is 10.6 Å². The molecule has 0 spiro atoms. The summed E-state index contributed by atoms with van der Waals surface area (Å²) in [6, 6.07) is 11.2. The Hall–Kier alpha value is -2.76. The van der Waals surface area contributed by atoms with Gasteiger partial charge in [-0.05, 0) is 36.1 Å². The highest BCUT2D eigenvalue weighted by atomic mass is 16.4. The number of carboxylic acid groups (broad SMARTS) is 1. The molecule has 1 aliphatic carbocycles. The van der Waals surface area contributed by atoms with Crippen molar-refractivity contribution < 1.29 is 14.7 Å². The molecule has 1 aliphatic rings. The molecule has 1 aromatic carbocycles. The molecule has 26 heavy (non-hydrogen) atoms. The minimum Gasteiger partial charge on any atom is -0.477 e. The predicted octanol–water partition coefficient (Wildman–Crippen LogP) is 3.37. The number of rotatable bonds is 6. The number of hydrogen-bond donors (Lipinski definition) is 3. The molecule has 2 amide bonds. The fraction of sp³-hybridized carbons (Fsp3) is 0.400. The Labute approximate surface area is 153 Å². The van der Waals surface area contributed by atoms with Crippen LogP contribution in [0.25, 0.3) is 0 Å². The largest absolute Gasteiger partial charge is 0.477 e. The molecule has 0 atom stereocenters. The lowest BCUT2D eigenvalue weighted by Crippen LogP contribution is -2.42. The molecular formula is C20H25N3O3. The molecule has 0 bridgehead atoms. The van der Waals surface area contributed by atoms with E-state index < -0.39 is 5.97 Å². The Morgan fingerprint density at radius 3 is 2.50 bits per heavy atom. The number of aromatic nitrogens is 1. The van der Waals surface area contributed by atoms with Crippen molar-refractivity contribution in [3.63, 3.8) is 0 Å². The highest BCUT2D eigenvalue weighted by Gasteiger charge is 2.16. The zero-order valence-corrected chi connectivity index (χ0v) is 14.8. The summed E-state index contributed by atoms with van der Waals surface area (Å²) >= 11 is 0. The minimum atomic E-state index is -0.947. The van der Waals surface area contributed by atoms with Gasteiger partial charge in [-0.3, -0.25) is 0 Å². The van der Waals surface area contributed by atoms with Gasteiger partial charge in [-0.2, -0.15) is 0 Å². The quantitative estimate of drug-likeness (QED) is 0.743. The minimum absolute atomic E-state index is 0.140. The maximum atomic E-state index is 12.2. The van der Waals surface area contributed by atoms with E-state index in [0.29, 0.717) is 13.1 Å². The summed E-state index contributed by atoms with van der Waals surface area (Å²) in [7, 11) is 0. The van der Waals surface area contributed by atoms with Crippen molar-refractivity contribution >= 4 is 12.0 Å². The van der Waals surface area contributed by atoms with E-state index in [1.807, 2.05) is 24.3 Å². The molecule has 1 aromatic heterocycles. The van der Waals surface area contributed by atoms with E-state index in [0.717, 1.165) is 24.0 Å². The number of carbonyl (C=O) groups excluding carboxylic acids is 1. The average molecular weight is 355 g/mol. The number of aromatic carboxylic acids is 1. The molecule has 1 heterocycles. The van der Waals surface area contributed by atoms with Crippen molar-refractivity contribution in [2.45, 2.75) is 51.2 Å². The molecule has 0 unspecified atom stereocenters. The molecule has 0 aliphatic heterocycles. The molecule has 6 nitrogen and oxygen atoms in total. The second-order valence-corrected chi connectivity index (χ2v) is 6.76. The van der Waals surface area contributed by atoms with Crippen LogP contribution in [-0.2, 0) is 13.1 Å². The van der Waals surface area contributed by atoms with Crippen LogP contribution in [-0.4, -0.2) is 27.7 Å². The zero-order valence-electron chi connectivity index (χ0n) is 14.8. The molecule has 2 aromatic rings. The molecule has 3 rings (SSSR count). The van der Waals surface area contributed by atoms with Gasteiger partial charge in [0.25, 0.3) is 0 Å². The molecule has 0 radical (unpaired) electrons. The third-order valence-electron chi connectivity index (χ3n) is 4.89. The third-order valence-corrected chi connectivity index (χ3v) is 4.89. The van der Waals surface area contributed by atoms with Crippen LogP contribution in [0.5, 0.6) is 0 Å². The van der Waals surface area contributed by atoms with E-state index in [-0.39, 0.29) is 17.8 Å². The molecule has 0 saturated heterocycles. The Morgan fingerprint density at radius 1 is 1.04 bits per heavy atom. The lowest BCUT2D eigenvalue weighted by Gasteiger charge is -2.23. The molecule has 1 fully saturated rings. The van der Waals surface area contributed by atoms with E-state index >= 15 is 0 Å². The summed E-state index contributed by atoms with van der Waals surface area (Å²) in [4.78, 5) is 23.4. The van der Waals surface area contributed by atoms with E-state index in [1.165, 1.54) is 19.3 Å². The molecule has 1 saturated carbocycles. The maximum Gasteiger partial charge on any atom is 0.352 e.